The van der Waals surface area contributed by atoms with Crippen LogP contribution < -0.4 is 0 Å². The molecule has 0 N–H and O–H groups in total. The summed E-state index contributed by atoms with van der Waals surface area (Å²) < 4.78 is 8.70. The summed E-state index contributed by atoms with van der Waals surface area (Å²) in [5.41, 5.74) is 1.47. The van der Waals surface area contributed by atoms with Crippen LogP contribution in [0.5, 0.6) is 0 Å². The maximum Gasteiger partial charge on any atom is 0.170 e. The molecule has 2 heterocycles. The van der Waals surface area contributed by atoms with Gasteiger partial charge in [-0.25, -0.2) is 4.68 Å². The second-order valence-corrected chi connectivity index (χ2v) is 5.68. The molecule has 1 aromatic heterocycles. The quantitative estimate of drug-likeness (QED) is 0.613. The van der Waals surface area contributed by atoms with E-state index in [1.165, 1.54) is 0 Å². The van der Waals surface area contributed by atoms with Crippen molar-refractivity contribution >= 4 is 39.8 Å². The van der Waals surface area contributed by atoms with Crippen molar-refractivity contribution in [1.29, 1.82) is 0 Å². The van der Waals surface area contributed by atoms with Crippen LogP contribution >= 0.6 is 22.6 Å². The van der Waals surface area contributed by atoms with Gasteiger partial charge in [0.15, 0.2) is 12.5 Å². The Hall–Kier alpha value is -0.950. The average molecular weight is 356 g/mol. The van der Waals surface area contributed by atoms with Gasteiger partial charge in [-0.1, -0.05) is 0 Å². The predicted molar refractivity (Wildman–Crippen MR) is 76.7 cm³/mol. The van der Waals surface area contributed by atoms with E-state index in [-0.39, 0.29) is 6.23 Å². The minimum absolute atomic E-state index is 0.0324. The molecule has 4 nitrogen and oxygen atoms in total. The first-order valence-electron chi connectivity index (χ1n) is 6.04. The SMILES string of the molecule is O=Cc1nn([C@H]2CCCCO2)c2ccc(I)cc12. The minimum atomic E-state index is -0.0324. The molecule has 0 amide bonds. The van der Waals surface area contributed by atoms with Crippen LogP contribution in [0.25, 0.3) is 10.9 Å². The highest BCUT2D eigenvalue weighted by molar-refractivity contribution is 14.1. The zero-order valence-electron chi connectivity index (χ0n) is 9.80. The number of aromatic nitrogens is 2. The Morgan fingerprint density at radius 1 is 1.44 bits per heavy atom. The van der Waals surface area contributed by atoms with E-state index in [4.69, 9.17) is 4.74 Å². The third-order valence-corrected chi connectivity index (χ3v) is 3.91. The lowest BCUT2D eigenvalue weighted by Crippen LogP contribution is -2.19. The van der Waals surface area contributed by atoms with Crippen LogP contribution in [0.4, 0.5) is 0 Å². The fraction of sp³-hybridized carbons (Fsp3) is 0.385. The van der Waals surface area contributed by atoms with Gasteiger partial charge >= 0.3 is 0 Å². The summed E-state index contributed by atoms with van der Waals surface area (Å²) in [5, 5.41) is 5.30. The highest BCUT2D eigenvalue weighted by Gasteiger charge is 2.20. The first kappa shape index (κ1) is 12.1. The second kappa shape index (κ2) is 4.97. The highest BCUT2D eigenvalue weighted by atomic mass is 127. The van der Waals surface area contributed by atoms with E-state index in [2.05, 4.69) is 27.7 Å². The van der Waals surface area contributed by atoms with Crippen molar-refractivity contribution in [3.63, 3.8) is 0 Å². The minimum Gasteiger partial charge on any atom is -0.356 e. The normalized spacial score (nSPS) is 20.2. The van der Waals surface area contributed by atoms with Crippen molar-refractivity contribution in [3.05, 3.63) is 27.5 Å². The van der Waals surface area contributed by atoms with Gasteiger partial charge in [0.2, 0.25) is 0 Å². The molecule has 94 valence electrons. The number of rotatable bonds is 2. The molecule has 0 radical (unpaired) electrons. The summed E-state index contributed by atoms with van der Waals surface area (Å²) in [4.78, 5) is 11.1. The Morgan fingerprint density at radius 3 is 3.06 bits per heavy atom. The second-order valence-electron chi connectivity index (χ2n) is 4.43. The van der Waals surface area contributed by atoms with Crippen molar-refractivity contribution in [1.82, 2.24) is 9.78 Å². The van der Waals surface area contributed by atoms with E-state index in [9.17, 15) is 4.79 Å². The Labute approximate surface area is 118 Å². The fourth-order valence-electron chi connectivity index (χ4n) is 2.36. The summed E-state index contributed by atoms with van der Waals surface area (Å²) in [6.45, 7) is 0.771. The summed E-state index contributed by atoms with van der Waals surface area (Å²) >= 11 is 2.24. The van der Waals surface area contributed by atoms with E-state index in [0.717, 1.165) is 46.6 Å². The van der Waals surface area contributed by atoms with E-state index in [1.807, 2.05) is 22.9 Å². The molecule has 0 bridgehead atoms. The van der Waals surface area contributed by atoms with Crippen molar-refractivity contribution in [2.45, 2.75) is 25.5 Å². The smallest absolute Gasteiger partial charge is 0.170 e. The van der Waals surface area contributed by atoms with Gasteiger partial charge in [0, 0.05) is 15.6 Å². The number of carbonyl (C=O) groups is 1. The molecule has 1 aliphatic heterocycles. The third kappa shape index (κ3) is 2.05. The van der Waals surface area contributed by atoms with Gasteiger partial charge < -0.3 is 4.74 Å². The number of nitrogens with zero attached hydrogens (tertiary/aromatic N) is 2. The molecule has 0 spiro atoms. The summed E-state index contributed by atoms with van der Waals surface area (Å²) in [6, 6.07) is 6.03. The molecule has 0 aliphatic carbocycles. The van der Waals surface area contributed by atoms with Gasteiger partial charge in [0.25, 0.3) is 0 Å². The zero-order chi connectivity index (χ0) is 12.5. The molecule has 18 heavy (non-hydrogen) atoms. The molecule has 2 aromatic rings. The van der Waals surface area contributed by atoms with Crippen molar-refractivity contribution in [2.75, 3.05) is 6.61 Å². The van der Waals surface area contributed by atoms with Gasteiger partial charge in [-0.3, -0.25) is 4.79 Å². The van der Waals surface area contributed by atoms with E-state index >= 15 is 0 Å². The number of aldehydes is 1. The highest BCUT2D eigenvalue weighted by Crippen LogP contribution is 2.28. The molecule has 0 saturated carbocycles. The Kier molecular flexibility index (Phi) is 3.34. The Morgan fingerprint density at radius 2 is 2.33 bits per heavy atom. The summed E-state index contributed by atoms with van der Waals surface area (Å²) in [7, 11) is 0. The van der Waals surface area contributed by atoms with E-state index in [1.54, 1.807) is 0 Å². The van der Waals surface area contributed by atoms with Crippen LogP contribution in [0.3, 0.4) is 0 Å². The van der Waals surface area contributed by atoms with Crippen LogP contribution in [0.2, 0.25) is 0 Å². The lowest BCUT2D eigenvalue weighted by molar-refractivity contribution is -0.0367. The lowest BCUT2D eigenvalue weighted by atomic mass is 10.2. The Balaban J connectivity index is 2.13. The van der Waals surface area contributed by atoms with Crippen molar-refractivity contribution < 1.29 is 9.53 Å². The maximum absolute atomic E-state index is 11.1. The number of hydrogen-bond acceptors (Lipinski definition) is 3. The monoisotopic (exact) mass is 356 g/mol. The van der Waals surface area contributed by atoms with Crippen LogP contribution in [0, 0.1) is 3.57 Å². The molecule has 3 rings (SSSR count). The average Bonchev–Trinajstić information content (AvgIpc) is 2.77. The molecule has 1 saturated heterocycles. The van der Waals surface area contributed by atoms with Gasteiger partial charge in [-0.15, -0.1) is 0 Å². The van der Waals surface area contributed by atoms with E-state index < -0.39 is 0 Å². The summed E-state index contributed by atoms with van der Waals surface area (Å²) in [6.07, 6.45) is 4.00. The van der Waals surface area contributed by atoms with E-state index in [0.29, 0.717) is 5.69 Å². The van der Waals surface area contributed by atoms with Crippen molar-refractivity contribution in [3.8, 4) is 0 Å². The molecule has 1 atom stereocenters. The number of hydrogen-bond donors (Lipinski definition) is 0. The first-order chi connectivity index (χ1) is 8.79. The lowest BCUT2D eigenvalue weighted by Gasteiger charge is -2.23. The van der Waals surface area contributed by atoms with Crippen LogP contribution in [-0.2, 0) is 4.74 Å². The summed E-state index contributed by atoms with van der Waals surface area (Å²) in [5.74, 6) is 0. The number of fused-ring (bicyclic) bond motifs is 1. The molecule has 1 aromatic carbocycles. The molecule has 1 aliphatic rings. The molecular weight excluding hydrogens is 343 g/mol. The van der Waals surface area contributed by atoms with Crippen molar-refractivity contribution in [2.24, 2.45) is 0 Å². The van der Waals surface area contributed by atoms with Crippen LogP contribution in [-0.4, -0.2) is 22.7 Å². The first-order valence-corrected chi connectivity index (χ1v) is 7.12. The number of halogens is 1. The van der Waals surface area contributed by atoms with Crippen LogP contribution in [0.15, 0.2) is 18.2 Å². The molecule has 5 heteroatoms. The largest absolute Gasteiger partial charge is 0.356 e. The third-order valence-electron chi connectivity index (χ3n) is 3.24. The maximum atomic E-state index is 11.1. The topological polar surface area (TPSA) is 44.1 Å². The van der Waals surface area contributed by atoms with Gasteiger partial charge in [-0.05, 0) is 60.1 Å². The van der Waals surface area contributed by atoms with Gasteiger partial charge in [-0.2, -0.15) is 5.10 Å². The van der Waals surface area contributed by atoms with Gasteiger partial charge in [0.1, 0.15) is 5.69 Å². The standard InChI is InChI=1S/C13H13IN2O2/c14-9-4-5-12-10(7-9)11(8-17)15-16(12)13-3-1-2-6-18-13/h4-5,7-8,13H,1-3,6H2/t13-/m1/s1. The number of ether oxygens (including phenoxy) is 1. The molecule has 1 fully saturated rings. The predicted octanol–water partition coefficient (Wildman–Crippen LogP) is 3.15. The van der Waals surface area contributed by atoms with Gasteiger partial charge in [0.05, 0.1) is 5.52 Å². The zero-order valence-corrected chi connectivity index (χ0v) is 12.0. The fourth-order valence-corrected chi connectivity index (χ4v) is 2.85. The Bertz CT molecular complexity index is 588. The molecule has 0 unspecified atom stereocenters. The van der Waals surface area contributed by atoms with Crippen LogP contribution in [0.1, 0.15) is 36.0 Å². The molecular formula is C13H13IN2O2. The number of benzene rings is 1. The number of carbonyl (C=O) groups excluding carboxylic acids is 1.